The van der Waals surface area contributed by atoms with Crippen LogP contribution < -0.4 is 5.66 Å². The zero-order chi connectivity index (χ0) is 21.0. The molecule has 1 aromatic heterocycles. The molecule has 0 bridgehead atoms. The molecular weight excluding hydrogens is 371 g/mol. The van der Waals surface area contributed by atoms with E-state index in [-0.39, 0.29) is 22.3 Å². The molecule has 1 aromatic rings. The minimum atomic E-state index is -2.75. The lowest BCUT2D eigenvalue weighted by molar-refractivity contribution is 0.000315. The smallest absolute Gasteiger partial charge is 0.449 e. The summed E-state index contributed by atoms with van der Waals surface area (Å²) in [5.41, 5.74) is -1.01. The normalized spacial score (nSPS) is 21.1. The predicted octanol–water partition coefficient (Wildman–Crippen LogP) is 4.61. The second-order valence-electron chi connectivity index (χ2n) is 9.70. The van der Waals surface area contributed by atoms with Gasteiger partial charge in [0.2, 0.25) is 0 Å². The average Bonchev–Trinajstić information content (AvgIpc) is 2.92. The third-order valence-corrected chi connectivity index (χ3v) is 10.4. The first-order valence-corrected chi connectivity index (χ1v) is 12.2. The second-order valence-corrected chi connectivity index (χ2v) is 14.5. The van der Waals surface area contributed by atoms with Gasteiger partial charge in [-0.3, -0.25) is 0 Å². The second kappa shape index (κ2) is 6.93. The molecule has 0 aromatic carbocycles. The van der Waals surface area contributed by atoms with Crippen molar-refractivity contribution in [3.63, 3.8) is 0 Å². The molecule has 0 saturated carbocycles. The maximum atomic E-state index is 14.0. The highest BCUT2D eigenvalue weighted by molar-refractivity contribution is 6.74. The van der Waals surface area contributed by atoms with Crippen molar-refractivity contribution in [1.82, 2.24) is 4.98 Å². The number of nitrogens with zero attached hydrogens (tertiary/aromatic N) is 1. The Balaban J connectivity index is 2.43. The Bertz CT molecular complexity index is 669. The van der Waals surface area contributed by atoms with Gasteiger partial charge in [0, 0.05) is 6.92 Å². The number of hydrogen-bond donors (Lipinski definition) is 0. The third-order valence-electron chi connectivity index (χ3n) is 5.98. The molecule has 0 amide bonds. The van der Waals surface area contributed by atoms with Crippen molar-refractivity contribution in [3.8, 4) is 0 Å². The van der Waals surface area contributed by atoms with Crippen LogP contribution in [0.2, 0.25) is 18.1 Å². The van der Waals surface area contributed by atoms with Crippen molar-refractivity contribution in [1.29, 1.82) is 0 Å². The van der Waals surface area contributed by atoms with E-state index in [1.54, 1.807) is 6.92 Å². The Morgan fingerprint density at radius 2 is 1.56 bits per heavy atom. The van der Waals surface area contributed by atoms with Crippen molar-refractivity contribution < 1.29 is 26.9 Å². The minimum absolute atomic E-state index is 0.0609. The standard InChI is InChI=1S/C18H32BF2NO4Si/c1-11-22-12(13(15(20)21)24-27(9,10)16(2,3)4)14(23-11)19-25-17(5,6)18(7,8)26-19/h13,15H,1-10H3. The molecule has 1 saturated heterocycles. The van der Waals surface area contributed by atoms with Gasteiger partial charge >= 0.3 is 7.12 Å². The number of aromatic nitrogens is 1. The summed E-state index contributed by atoms with van der Waals surface area (Å²) in [6.45, 7) is 19.1. The number of aryl methyl sites for hydroxylation is 1. The van der Waals surface area contributed by atoms with Crippen LogP contribution in [0.1, 0.15) is 66.2 Å². The monoisotopic (exact) mass is 403 g/mol. The van der Waals surface area contributed by atoms with Gasteiger partial charge in [0.25, 0.3) is 6.43 Å². The summed E-state index contributed by atoms with van der Waals surface area (Å²) < 4.78 is 51.7. The molecule has 9 heteroatoms. The summed E-state index contributed by atoms with van der Waals surface area (Å²) in [6, 6.07) is 0. The van der Waals surface area contributed by atoms with Crippen molar-refractivity contribution in [3.05, 3.63) is 11.6 Å². The molecule has 1 aliphatic rings. The lowest BCUT2D eigenvalue weighted by Crippen LogP contribution is -2.45. The van der Waals surface area contributed by atoms with Crippen LogP contribution in [0.3, 0.4) is 0 Å². The molecule has 0 N–H and O–H groups in total. The molecule has 0 radical (unpaired) electrons. The number of oxazole rings is 1. The van der Waals surface area contributed by atoms with Gasteiger partial charge in [-0.1, -0.05) is 20.8 Å². The van der Waals surface area contributed by atoms with Crippen LogP contribution >= 0.6 is 0 Å². The van der Waals surface area contributed by atoms with Crippen LogP contribution in [0.4, 0.5) is 8.78 Å². The highest BCUT2D eigenvalue weighted by Crippen LogP contribution is 2.42. The van der Waals surface area contributed by atoms with Crippen LogP contribution in [-0.2, 0) is 13.7 Å². The summed E-state index contributed by atoms with van der Waals surface area (Å²) in [5, 5.41) is -0.219. The van der Waals surface area contributed by atoms with Gasteiger partial charge in [-0.2, -0.15) is 0 Å². The molecule has 2 heterocycles. The molecule has 1 atom stereocenters. The Labute approximate surface area is 162 Å². The van der Waals surface area contributed by atoms with Crippen LogP contribution in [0.25, 0.3) is 0 Å². The minimum Gasteiger partial charge on any atom is -0.449 e. The number of alkyl halides is 2. The Kier molecular flexibility index (Phi) is 5.78. The van der Waals surface area contributed by atoms with E-state index in [0.717, 1.165) is 0 Å². The third kappa shape index (κ3) is 4.31. The van der Waals surface area contributed by atoms with E-state index in [1.807, 2.05) is 61.6 Å². The van der Waals surface area contributed by atoms with E-state index in [2.05, 4.69) is 4.98 Å². The highest BCUT2D eigenvalue weighted by Gasteiger charge is 2.55. The first-order valence-electron chi connectivity index (χ1n) is 9.27. The summed E-state index contributed by atoms with van der Waals surface area (Å²) in [6.07, 6.45) is -4.23. The fourth-order valence-corrected chi connectivity index (χ4v) is 3.71. The van der Waals surface area contributed by atoms with Gasteiger partial charge in [-0.15, -0.1) is 0 Å². The molecule has 27 heavy (non-hydrogen) atoms. The van der Waals surface area contributed by atoms with Gasteiger partial charge in [-0.05, 0) is 45.8 Å². The summed E-state index contributed by atoms with van der Waals surface area (Å²) in [7, 11) is -3.37. The fourth-order valence-electron chi connectivity index (χ4n) is 2.50. The van der Waals surface area contributed by atoms with E-state index in [4.69, 9.17) is 18.2 Å². The first-order chi connectivity index (χ1) is 12.0. The number of rotatable bonds is 5. The zero-order valence-electron chi connectivity index (χ0n) is 18.1. The molecule has 5 nitrogen and oxygen atoms in total. The quantitative estimate of drug-likeness (QED) is 0.672. The summed E-state index contributed by atoms with van der Waals surface area (Å²) >= 11 is 0. The lowest BCUT2D eigenvalue weighted by Gasteiger charge is -2.38. The Hall–Kier alpha value is -0.768. The topological polar surface area (TPSA) is 53.7 Å². The largest absolute Gasteiger partial charge is 0.534 e. The van der Waals surface area contributed by atoms with Crippen LogP contribution in [-0.4, -0.2) is 38.0 Å². The van der Waals surface area contributed by atoms with E-state index in [1.165, 1.54) is 0 Å². The Morgan fingerprint density at radius 3 is 1.96 bits per heavy atom. The van der Waals surface area contributed by atoms with Gasteiger partial charge in [-0.25, -0.2) is 13.8 Å². The van der Waals surface area contributed by atoms with Crippen LogP contribution in [0, 0.1) is 6.92 Å². The molecule has 1 unspecified atom stereocenters. The molecule has 2 rings (SSSR count). The van der Waals surface area contributed by atoms with Gasteiger partial charge in [0.15, 0.2) is 26.0 Å². The molecule has 1 fully saturated rings. The fraction of sp³-hybridized carbons (Fsp3) is 0.833. The lowest BCUT2D eigenvalue weighted by atomic mass is 9.83. The van der Waals surface area contributed by atoms with E-state index in [0.29, 0.717) is 0 Å². The van der Waals surface area contributed by atoms with E-state index < -0.39 is 39.2 Å². The highest BCUT2D eigenvalue weighted by atomic mass is 28.4. The van der Waals surface area contributed by atoms with Gasteiger partial charge in [0.05, 0.1) is 11.2 Å². The van der Waals surface area contributed by atoms with Gasteiger partial charge in [0.1, 0.15) is 5.69 Å². The number of halogens is 2. The van der Waals surface area contributed by atoms with Crippen molar-refractivity contribution in [2.24, 2.45) is 0 Å². The molecule has 0 aliphatic carbocycles. The zero-order valence-corrected chi connectivity index (χ0v) is 19.1. The summed E-state index contributed by atoms with van der Waals surface area (Å²) in [5.74, 6) is 0.277. The Morgan fingerprint density at radius 1 is 1.07 bits per heavy atom. The summed E-state index contributed by atoms with van der Waals surface area (Å²) in [4.78, 5) is 4.23. The van der Waals surface area contributed by atoms with Crippen molar-refractivity contribution in [2.75, 3.05) is 0 Å². The van der Waals surface area contributed by atoms with Crippen molar-refractivity contribution in [2.45, 2.75) is 97.3 Å². The van der Waals surface area contributed by atoms with Gasteiger partial charge < -0.3 is 18.2 Å². The maximum absolute atomic E-state index is 14.0. The van der Waals surface area contributed by atoms with Crippen LogP contribution in [0.5, 0.6) is 0 Å². The average molecular weight is 403 g/mol. The SMILES string of the molecule is Cc1nc(C(O[Si](C)(C)C(C)(C)C)C(F)F)c(B2OC(C)(C)C(C)(C)O2)o1. The van der Waals surface area contributed by atoms with Crippen molar-refractivity contribution >= 4 is 21.1 Å². The molecule has 0 spiro atoms. The number of hydrogen-bond acceptors (Lipinski definition) is 5. The molecule has 154 valence electrons. The first kappa shape index (κ1) is 22.5. The maximum Gasteiger partial charge on any atom is 0.534 e. The van der Waals surface area contributed by atoms with E-state index >= 15 is 0 Å². The van der Waals surface area contributed by atoms with E-state index in [9.17, 15) is 8.78 Å². The molecule has 1 aliphatic heterocycles. The van der Waals surface area contributed by atoms with Crippen LogP contribution in [0.15, 0.2) is 4.42 Å². The predicted molar refractivity (Wildman–Crippen MR) is 104 cm³/mol. The molecular formula is C18H32BF2NO4Si.